The third-order valence-electron chi connectivity index (χ3n) is 2.53. The van der Waals surface area contributed by atoms with Crippen LogP contribution in [0.15, 0.2) is 54.7 Å². The number of hydrogen-bond donors (Lipinski definition) is 1. The first-order valence-electron chi connectivity index (χ1n) is 5.74. The Morgan fingerprint density at radius 1 is 1.10 bits per heavy atom. The highest BCUT2D eigenvalue weighted by atomic mass is 35.5. The van der Waals surface area contributed by atoms with Crippen LogP contribution in [0.3, 0.4) is 0 Å². The molecule has 2 rings (SSSR count). The van der Waals surface area contributed by atoms with E-state index in [1.54, 1.807) is 24.3 Å². The summed E-state index contributed by atoms with van der Waals surface area (Å²) in [6.45, 7) is 0. The van der Waals surface area contributed by atoms with E-state index in [4.69, 9.17) is 11.6 Å². The van der Waals surface area contributed by atoms with Crippen molar-refractivity contribution in [2.24, 2.45) is 0 Å². The minimum absolute atomic E-state index is 0.0894. The summed E-state index contributed by atoms with van der Waals surface area (Å²) in [5.41, 5.74) is 0.554. The Hall–Kier alpha value is -2.20. The van der Waals surface area contributed by atoms with Crippen molar-refractivity contribution in [2.75, 3.05) is 5.32 Å². The Labute approximate surface area is 119 Å². The predicted octanol–water partition coefficient (Wildman–Crippen LogP) is 4.43. The van der Waals surface area contributed by atoms with Crippen LogP contribution < -0.4 is 5.32 Å². The monoisotopic (exact) mass is 293 g/mol. The molecule has 102 valence electrons. The second-order valence-electron chi connectivity index (χ2n) is 3.97. The van der Waals surface area contributed by atoms with Crippen molar-refractivity contribution >= 4 is 23.1 Å². The quantitative estimate of drug-likeness (QED) is 0.667. The molecule has 0 bridgehead atoms. The van der Waals surface area contributed by atoms with E-state index in [9.17, 15) is 13.6 Å². The number of ketones is 1. The van der Waals surface area contributed by atoms with Crippen molar-refractivity contribution in [1.82, 2.24) is 0 Å². The molecule has 0 aliphatic carbocycles. The van der Waals surface area contributed by atoms with Gasteiger partial charge in [-0.3, -0.25) is 4.79 Å². The molecule has 0 unspecified atom stereocenters. The van der Waals surface area contributed by atoms with Gasteiger partial charge < -0.3 is 5.32 Å². The molecular formula is C15H10ClF2NO. The molecule has 0 spiro atoms. The molecule has 0 saturated carbocycles. The Kier molecular flexibility index (Phi) is 4.48. The number of carbonyl (C=O) groups excluding carboxylic acids is 1. The predicted molar refractivity (Wildman–Crippen MR) is 74.9 cm³/mol. The Morgan fingerprint density at radius 3 is 2.45 bits per heavy atom. The first-order valence-corrected chi connectivity index (χ1v) is 6.12. The fourth-order valence-electron chi connectivity index (χ4n) is 1.52. The van der Waals surface area contributed by atoms with Crippen molar-refractivity contribution in [3.8, 4) is 0 Å². The summed E-state index contributed by atoms with van der Waals surface area (Å²) in [6, 6.07) is 9.53. The molecule has 0 aromatic heterocycles. The van der Waals surface area contributed by atoms with Crippen molar-refractivity contribution in [3.05, 3.63) is 77.0 Å². The lowest BCUT2D eigenvalue weighted by Crippen LogP contribution is -1.97. The van der Waals surface area contributed by atoms with Gasteiger partial charge in [-0.05, 0) is 36.4 Å². The van der Waals surface area contributed by atoms with E-state index in [2.05, 4.69) is 5.32 Å². The van der Waals surface area contributed by atoms with Gasteiger partial charge in [-0.2, -0.15) is 0 Å². The van der Waals surface area contributed by atoms with Gasteiger partial charge >= 0.3 is 0 Å². The summed E-state index contributed by atoms with van der Waals surface area (Å²) in [5, 5.41) is 3.12. The average molecular weight is 294 g/mol. The summed E-state index contributed by atoms with van der Waals surface area (Å²) in [4.78, 5) is 11.8. The van der Waals surface area contributed by atoms with E-state index in [0.717, 1.165) is 12.1 Å². The standard InChI is InChI=1S/C15H10ClF2NO/c16-11-3-1-10(2-4-11)15(20)7-8-19-14-6-5-12(17)9-13(14)18/h1-9,19H/b8-7+. The summed E-state index contributed by atoms with van der Waals surface area (Å²) >= 11 is 5.72. The van der Waals surface area contributed by atoms with Crippen molar-refractivity contribution in [1.29, 1.82) is 0 Å². The van der Waals surface area contributed by atoms with Crippen molar-refractivity contribution in [2.45, 2.75) is 0 Å². The number of rotatable bonds is 4. The zero-order valence-corrected chi connectivity index (χ0v) is 11.0. The van der Waals surface area contributed by atoms with Crippen LogP contribution in [0.2, 0.25) is 5.02 Å². The van der Waals surface area contributed by atoms with Crippen LogP contribution >= 0.6 is 11.6 Å². The minimum Gasteiger partial charge on any atom is -0.359 e. The zero-order valence-electron chi connectivity index (χ0n) is 10.2. The number of benzene rings is 2. The maximum absolute atomic E-state index is 13.3. The molecule has 1 N–H and O–H groups in total. The van der Waals surface area contributed by atoms with Crippen LogP contribution in [0.1, 0.15) is 10.4 Å². The van der Waals surface area contributed by atoms with Crippen LogP contribution in [0.25, 0.3) is 0 Å². The number of nitrogens with one attached hydrogen (secondary N) is 1. The van der Waals surface area contributed by atoms with Crippen molar-refractivity contribution in [3.63, 3.8) is 0 Å². The van der Waals surface area contributed by atoms with E-state index in [1.165, 1.54) is 18.3 Å². The summed E-state index contributed by atoms with van der Waals surface area (Å²) in [6.07, 6.45) is 2.55. The summed E-state index contributed by atoms with van der Waals surface area (Å²) in [5.74, 6) is -1.64. The van der Waals surface area contributed by atoms with Crippen LogP contribution in [-0.4, -0.2) is 5.78 Å². The summed E-state index contributed by atoms with van der Waals surface area (Å²) in [7, 11) is 0. The Bertz CT molecular complexity index is 653. The zero-order chi connectivity index (χ0) is 14.5. The lowest BCUT2D eigenvalue weighted by Gasteiger charge is -2.02. The van der Waals surface area contributed by atoms with Gasteiger partial charge in [0.25, 0.3) is 0 Å². The molecule has 0 radical (unpaired) electrons. The highest BCUT2D eigenvalue weighted by Gasteiger charge is 2.03. The van der Waals surface area contributed by atoms with E-state index >= 15 is 0 Å². The molecule has 0 aliphatic heterocycles. The average Bonchev–Trinajstić information content (AvgIpc) is 2.42. The number of hydrogen-bond acceptors (Lipinski definition) is 2. The Balaban J connectivity index is 2.02. The molecule has 0 amide bonds. The lowest BCUT2D eigenvalue weighted by molar-refractivity contribution is 0.104. The largest absolute Gasteiger partial charge is 0.359 e. The summed E-state index contributed by atoms with van der Waals surface area (Å²) < 4.78 is 26.0. The highest BCUT2D eigenvalue weighted by molar-refractivity contribution is 6.30. The van der Waals surface area contributed by atoms with Gasteiger partial charge in [-0.15, -0.1) is 0 Å². The molecule has 0 fully saturated rings. The van der Waals surface area contributed by atoms with Gasteiger partial charge in [0.15, 0.2) is 5.78 Å². The van der Waals surface area contributed by atoms with Crippen LogP contribution in [-0.2, 0) is 0 Å². The molecule has 2 aromatic rings. The molecule has 0 aliphatic rings. The third-order valence-corrected chi connectivity index (χ3v) is 2.79. The van der Waals surface area contributed by atoms with Crippen LogP contribution in [0.5, 0.6) is 0 Å². The van der Waals surface area contributed by atoms with Crippen LogP contribution in [0, 0.1) is 11.6 Å². The van der Waals surface area contributed by atoms with Gasteiger partial charge in [0.2, 0.25) is 0 Å². The Morgan fingerprint density at radius 2 is 1.80 bits per heavy atom. The third kappa shape index (κ3) is 3.65. The van der Waals surface area contributed by atoms with E-state index in [1.807, 2.05) is 0 Å². The van der Waals surface area contributed by atoms with Crippen LogP contribution in [0.4, 0.5) is 14.5 Å². The maximum atomic E-state index is 13.3. The van der Waals surface area contributed by atoms with Crippen molar-refractivity contribution < 1.29 is 13.6 Å². The fourth-order valence-corrected chi connectivity index (χ4v) is 1.65. The number of allylic oxidation sites excluding steroid dienone is 1. The molecule has 20 heavy (non-hydrogen) atoms. The topological polar surface area (TPSA) is 29.1 Å². The number of carbonyl (C=O) groups is 1. The van der Waals surface area contributed by atoms with E-state index in [-0.39, 0.29) is 11.5 Å². The van der Waals surface area contributed by atoms with E-state index in [0.29, 0.717) is 10.6 Å². The molecule has 5 heteroatoms. The fraction of sp³-hybridized carbons (Fsp3) is 0. The second kappa shape index (κ2) is 6.30. The molecule has 2 aromatic carbocycles. The first-order chi connectivity index (χ1) is 9.56. The van der Waals surface area contributed by atoms with E-state index < -0.39 is 11.6 Å². The SMILES string of the molecule is O=C(/C=C/Nc1ccc(F)cc1F)c1ccc(Cl)cc1. The van der Waals surface area contributed by atoms with Gasteiger partial charge in [-0.1, -0.05) is 11.6 Å². The molecule has 0 heterocycles. The van der Waals surface area contributed by atoms with Gasteiger partial charge in [-0.25, -0.2) is 8.78 Å². The molecule has 2 nitrogen and oxygen atoms in total. The normalized spacial score (nSPS) is 10.8. The highest BCUT2D eigenvalue weighted by Crippen LogP contribution is 2.15. The lowest BCUT2D eigenvalue weighted by atomic mass is 10.1. The maximum Gasteiger partial charge on any atom is 0.187 e. The second-order valence-corrected chi connectivity index (χ2v) is 4.41. The van der Waals surface area contributed by atoms with Gasteiger partial charge in [0, 0.05) is 28.9 Å². The number of anilines is 1. The smallest absolute Gasteiger partial charge is 0.187 e. The molecule has 0 saturated heterocycles. The first kappa shape index (κ1) is 14.2. The molecule has 0 atom stereocenters. The number of halogens is 3. The minimum atomic E-state index is -0.728. The molecular weight excluding hydrogens is 284 g/mol. The van der Waals surface area contributed by atoms with Gasteiger partial charge in [0.05, 0.1) is 5.69 Å². The van der Waals surface area contributed by atoms with Gasteiger partial charge in [0.1, 0.15) is 11.6 Å².